The summed E-state index contributed by atoms with van der Waals surface area (Å²) in [7, 11) is -0.184. The fourth-order valence-electron chi connectivity index (χ4n) is 1.67. The number of fused-ring (bicyclic) bond motifs is 1. The first kappa shape index (κ1) is 12.3. The number of aryl methyl sites for hydroxylation is 1. The Hall–Kier alpha value is -1.20. The smallest absolute Gasteiger partial charge is 0.145 e. The third-order valence-corrected chi connectivity index (χ3v) is 3.94. The molecule has 91 valence electrons. The van der Waals surface area contributed by atoms with Crippen molar-refractivity contribution in [2.45, 2.75) is 32.8 Å². The van der Waals surface area contributed by atoms with Crippen molar-refractivity contribution in [2.24, 2.45) is 0 Å². The van der Waals surface area contributed by atoms with Crippen LogP contribution in [0.15, 0.2) is 18.6 Å². The molecule has 0 saturated heterocycles. The standard InChI is InChI=1S/C12H18N3OSi/c1-10-11-4-5-15(12(11)14-8-13-10)9-16-6-7-17(2)3/h4-5,8H,6-7,9H2,1-3H3. The fraction of sp³-hybridized carbons (Fsp3) is 0.500. The second-order valence-corrected chi connectivity index (χ2v) is 7.39. The summed E-state index contributed by atoms with van der Waals surface area (Å²) >= 11 is 0. The van der Waals surface area contributed by atoms with E-state index in [9.17, 15) is 0 Å². The van der Waals surface area contributed by atoms with Gasteiger partial charge in [-0.25, -0.2) is 9.97 Å². The van der Waals surface area contributed by atoms with Crippen LogP contribution in [0.1, 0.15) is 5.69 Å². The second-order valence-electron chi connectivity index (χ2n) is 4.48. The van der Waals surface area contributed by atoms with Crippen molar-refractivity contribution >= 4 is 19.8 Å². The minimum absolute atomic E-state index is 0.184. The van der Waals surface area contributed by atoms with Gasteiger partial charge in [0, 0.05) is 27.0 Å². The molecule has 0 bridgehead atoms. The van der Waals surface area contributed by atoms with Crippen molar-refractivity contribution in [1.29, 1.82) is 0 Å². The van der Waals surface area contributed by atoms with Gasteiger partial charge < -0.3 is 9.30 Å². The summed E-state index contributed by atoms with van der Waals surface area (Å²) in [5.74, 6) is 0. The maximum absolute atomic E-state index is 5.66. The highest BCUT2D eigenvalue weighted by Gasteiger charge is 2.05. The third kappa shape index (κ3) is 2.92. The van der Waals surface area contributed by atoms with E-state index >= 15 is 0 Å². The van der Waals surface area contributed by atoms with Crippen LogP contribution >= 0.6 is 0 Å². The van der Waals surface area contributed by atoms with Crippen LogP contribution in [0, 0.1) is 6.92 Å². The summed E-state index contributed by atoms with van der Waals surface area (Å²) in [6.45, 7) is 8.02. The first-order valence-corrected chi connectivity index (χ1v) is 8.52. The summed E-state index contributed by atoms with van der Waals surface area (Å²) < 4.78 is 7.69. The predicted molar refractivity (Wildman–Crippen MR) is 70.5 cm³/mol. The van der Waals surface area contributed by atoms with Gasteiger partial charge in [0.05, 0.1) is 5.69 Å². The SMILES string of the molecule is Cc1ncnc2c1ccn2COCC[Si](C)C. The van der Waals surface area contributed by atoms with E-state index in [1.54, 1.807) is 6.33 Å². The number of rotatable bonds is 5. The lowest BCUT2D eigenvalue weighted by molar-refractivity contribution is 0.0902. The molecule has 0 saturated carbocycles. The zero-order valence-corrected chi connectivity index (χ0v) is 11.6. The van der Waals surface area contributed by atoms with Gasteiger partial charge in [-0.2, -0.15) is 0 Å². The molecule has 0 aliphatic heterocycles. The molecule has 0 amide bonds. The van der Waals surface area contributed by atoms with Crippen LogP contribution in [0.2, 0.25) is 19.1 Å². The largest absolute Gasteiger partial charge is 0.361 e. The molecule has 2 rings (SSSR count). The highest BCUT2D eigenvalue weighted by atomic mass is 28.3. The van der Waals surface area contributed by atoms with Gasteiger partial charge in [-0.3, -0.25) is 0 Å². The molecule has 17 heavy (non-hydrogen) atoms. The summed E-state index contributed by atoms with van der Waals surface area (Å²) in [6, 6.07) is 3.24. The minimum atomic E-state index is -0.184. The topological polar surface area (TPSA) is 39.9 Å². The van der Waals surface area contributed by atoms with E-state index in [0.29, 0.717) is 6.73 Å². The van der Waals surface area contributed by atoms with Crippen LogP contribution in [0.4, 0.5) is 0 Å². The summed E-state index contributed by atoms with van der Waals surface area (Å²) in [6.07, 6.45) is 3.61. The minimum Gasteiger partial charge on any atom is -0.361 e. The Bertz CT molecular complexity index is 495. The van der Waals surface area contributed by atoms with Crippen molar-refractivity contribution in [3.05, 3.63) is 24.3 Å². The average molecular weight is 248 g/mol. The van der Waals surface area contributed by atoms with Gasteiger partial charge in [0.1, 0.15) is 18.7 Å². The number of ether oxygens (including phenoxy) is 1. The first-order chi connectivity index (χ1) is 8.18. The highest BCUT2D eigenvalue weighted by molar-refractivity contribution is 6.55. The molecule has 0 N–H and O–H groups in total. The summed E-state index contributed by atoms with van der Waals surface area (Å²) in [5, 5.41) is 1.10. The molecular weight excluding hydrogens is 230 g/mol. The van der Waals surface area contributed by atoms with E-state index in [2.05, 4.69) is 23.1 Å². The molecule has 0 aliphatic carbocycles. The molecular formula is C12H18N3OSi. The van der Waals surface area contributed by atoms with Gasteiger partial charge in [-0.1, -0.05) is 13.1 Å². The third-order valence-electron chi connectivity index (χ3n) is 2.73. The van der Waals surface area contributed by atoms with E-state index in [4.69, 9.17) is 4.74 Å². The van der Waals surface area contributed by atoms with Crippen molar-refractivity contribution in [3.8, 4) is 0 Å². The van der Waals surface area contributed by atoms with Crippen molar-refractivity contribution in [2.75, 3.05) is 6.61 Å². The van der Waals surface area contributed by atoms with Crippen LogP contribution in [0.5, 0.6) is 0 Å². The Morgan fingerprint density at radius 2 is 2.18 bits per heavy atom. The Morgan fingerprint density at radius 1 is 1.35 bits per heavy atom. The van der Waals surface area contributed by atoms with E-state index in [1.807, 2.05) is 23.8 Å². The zero-order valence-electron chi connectivity index (χ0n) is 10.6. The Balaban J connectivity index is 2.02. The lowest BCUT2D eigenvalue weighted by atomic mass is 10.3. The maximum Gasteiger partial charge on any atom is 0.145 e. The van der Waals surface area contributed by atoms with Gasteiger partial charge in [-0.15, -0.1) is 0 Å². The molecule has 0 atom stereocenters. The van der Waals surface area contributed by atoms with E-state index < -0.39 is 0 Å². The van der Waals surface area contributed by atoms with Gasteiger partial charge in [0.15, 0.2) is 0 Å². The fourth-order valence-corrected chi connectivity index (χ4v) is 2.23. The number of hydrogen-bond donors (Lipinski definition) is 0. The molecule has 1 radical (unpaired) electrons. The second kappa shape index (κ2) is 5.42. The zero-order chi connectivity index (χ0) is 12.3. The molecule has 4 nitrogen and oxygen atoms in total. The number of nitrogens with zero attached hydrogens (tertiary/aromatic N) is 3. The van der Waals surface area contributed by atoms with Crippen LogP contribution in [-0.2, 0) is 11.5 Å². The van der Waals surface area contributed by atoms with Gasteiger partial charge in [-0.05, 0) is 19.0 Å². The number of aromatic nitrogens is 3. The molecule has 0 spiro atoms. The Kier molecular flexibility index (Phi) is 3.91. The predicted octanol–water partition coefficient (Wildman–Crippen LogP) is 2.47. The van der Waals surface area contributed by atoms with Crippen LogP contribution in [0.25, 0.3) is 11.0 Å². The highest BCUT2D eigenvalue weighted by Crippen LogP contribution is 2.15. The normalized spacial score (nSPS) is 11.5. The van der Waals surface area contributed by atoms with Gasteiger partial charge >= 0.3 is 0 Å². The summed E-state index contributed by atoms with van der Waals surface area (Å²) in [5.41, 5.74) is 1.97. The number of hydrogen-bond acceptors (Lipinski definition) is 3. The van der Waals surface area contributed by atoms with Crippen LogP contribution in [-0.4, -0.2) is 29.9 Å². The first-order valence-electron chi connectivity index (χ1n) is 5.81. The average Bonchev–Trinajstić information content (AvgIpc) is 2.69. The molecule has 0 unspecified atom stereocenters. The van der Waals surface area contributed by atoms with Crippen molar-refractivity contribution in [3.63, 3.8) is 0 Å². The van der Waals surface area contributed by atoms with Gasteiger partial charge in [0.2, 0.25) is 0 Å². The van der Waals surface area contributed by atoms with E-state index in [1.165, 1.54) is 6.04 Å². The quantitative estimate of drug-likeness (QED) is 0.603. The lowest BCUT2D eigenvalue weighted by Gasteiger charge is -2.07. The van der Waals surface area contributed by atoms with E-state index in [0.717, 1.165) is 23.3 Å². The van der Waals surface area contributed by atoms with Crippen LogP contribution in [0.3, 0.4) is 0 Å². The van der Waals surface area contributed by atoms with E-state index in [-0.39, 0.29) is 8.80 Å². The monoisotopic (exact) mass is 248 g/mol. The molecule has 2 aromatic rings. The summed E-state index contributed by atoms with van der Waals surface area (Å²) in [4.78, 5) is 8.47. The van der Waals surface area contributed by atoms with Crippen LogP contribution < -0.4 is 0 Å². The maximum atomic E-state index is 5.66. The lowest BCUT2D eigenvalue weighted by Crippen LogP contribution is -2.08. The molecule has 0 aliphatic rings. The molecule has 0 aromatic carbocycles. The molecule has 0 fully saturated rings. The molecule has 5 heteroatoms. The molecule has 2 aromatic heterocycles. The Labute approximate surface area is 103 Å². The Morgan fingerprint density at radius 3 is 2.94 bits per heavy atom. The van der Waals surface area contributed by atoms with Crippen molar-refractivity contribution < 1.29 is 4.74 Å². The van der Waals surface area contributed by atoms with Gasteiger partial charge in [0.25, 0.3) is 0 Å². The molecule has 2 heterocycles. The van der Waals surface area contributed by atoms with Crippen molar-refractivity contribution in [1.82, 2.24) is 14.5 Å².